The highest BCUT2D eigenvalue weighted by Crippen LogP contribution is 2.34. The van der Waals surface area contributed by atoms with E-state index in [1.807, 2.05) is 0 Å². The number of sulfone groups is 1. The Kier molecular flexibility index (Phi) is 6.17. The van der Waals surface area contributed by atoms with Crippen LogP contribution in [0.25, 0.3) is 10.2 Å². The number of fused-ring (bicyclic) bond motifs is 3. The Balaban J connectivity index is 1.54. The lowest BCUT2D eigenvalue weighted by atomic mass is 9.97. The summed E-state index contributed by atoms with van der Waals surface area (Å²) in [5, 5.41) is 4.04. The lowest BCUT2D eigenvalue weighted by molar-refractivity contribution is -0.113. The molecule has 0 bridgehead atoms. The van der Waals surface area contributed by atoms with Crippen LogP contribution in [0.2, 0.25) is 5.02 Å². The van der Waals surface area contributed by atoms with Gasteiger partial charge in [0, 0.05) is 18.2 Å². The summed E-state index contributed by atoms with van der Waals surface area (Å²) in [5.74, 6) is -0.381. The Morgan fingerprint density at radius 3 is 2.81 bits per heavy atom. The molecule has 0 fully saturated rings. The Bertz CT molecular complexity index is 1360. The Morgan fingerprint density at radius 1 is 1.32 bits per heavy atom. The second-order valence-electron chi connectivity index (χ2n) is 7.40. The van der Waals surface area contributed by atoms with Crippen molar-refractivity contribution in [2.75, 3.05) is 17.3 Å². The number of hydrogen-bond donors (Lipinski definition) is 1. The van der Waals surface area contributed by atoms with Crippen LogP contribution in [0.5, 0.6) is 0 Å². The third-order valence-electron chi connectivity index (χ3n) is 5.13. The topological polar surface area (TPSA) is 98.1 Å². The lowest BCUT2D eigenvalue weighted by Gasteiger charge is -2.11. The van der Waals surface area contributed by atoms with Crippen LogP contribution >= 0.6 is 34.7 Å². The number of amides is 1. The number of halogens is 1. The standard InChI is InChI=1S/C20H20ClN3O4S3/c1-24-19(26)17-12-5-3-4-6-15(12)30-18(17)23-20(24)29-10-16(25)22-14-9-11(31(2,27)28)7-8-13(14)21/h7-9H,3-6,10H2,1-2H3,(H,22,25). The van der Waals surface area contributed by atoms with E-state index in [1.165, 1.54) is 27.6 Å². The van der Waals surface area contributed by atoms with Crippen molar-refractivity contribution in [2.24, 2.45) is 7.05 Å². The number of hydrogen-bond acceptors (Lipinski definition) is 7. The zero-order chi connectivity index (χ0) is 22.3. The van der Waals surface area contributed by atoms with Gasteiger partial charge in [0.1, 0.15) is 4.83 Å². The van der Waals surface area contributed by atoms with Crippen LogP contribution in [0.15, 0.2) is 33.0 Å². The van der Waals surface area contributed by atoms with E-state index in [4.69, 9.17) is 11.6 Å². The summed E-state index contributed by atoms with van der Waals surface area (Å²) in [7, 11) is -1.77. The van der Waals surface area contributed by atoms with Gasteiger partial charge in [-0.3, -0.25) is 14.2 Å². The lowest BCUT2D eigenvalue weighted by Crippen LogP contribution is -2.22. The van der Waals surface area contributed by atoms with Crippen molar-refractivity contribution in [3.8, 4) is 0 Å². The molecule has 0 aliphatic heterocycles. The molecule has 2 aromatic heterocycles. The predicted molar refractivity (Wildman–Crippen MR) is 125 cm³/mol. The number of anilines is 1. The largest absolute Gasteiger partial charge is 0.324 e. The van der Waals surface area contributed by atoms with E-state index in [1.54, 1.807) is 18.4 Å². The normalized spacial score (nSPS) is 13.9. The number of carbonyl (C=O) groups excluding carboxylic acids is 1. The molecule has 1 amide bonds. The first-order valence-electron chi connectivity index (χ1n) is 9.58. The fraction of sp³-hybridized carbons (Fsp3) is 0.350. The second-order valence-corrected chi connectivity index (χ2v) is 11.8. The van der Waals surface area contributed by atoms with E-state index < -0.39 is 9.84 Å². The van der Waals surface area contributed by atoms with Gasteiger partial charge in [0.25, 0.3) is 5.56 Å². The number of rotatable bonds is 5. The average molecular weight is 498 g/mol. The van der Waals surface area contributed by atoms with E-state index in [9.17, 15) is 18.0 Å². The molecule has 0 atom stereocenters. The van der Waals surface area contributed by atoms with Crippen molar-refractivity contribution in [1.29, 1.82) is 0 Å². The molecular formula is C20H20ClN3O4S3. The highest BCUT2D eigenvalue weighted by Gasteiger charge is 2.21. The summed E-state index contributed by atoms with van der Waals surface area (Å²) in [4.78, 5) is 32.1. The minimum absolute atomic E-state index is 0.00366. The Hall–Kier alpha value is -1.88. The summed E-state index contributed by atoms with van der Waals surface area (Å²) >= 11 is 8.81. The summed E-state index contributed by atoms with van der Waals surface area (Å²) in [6.45, 7) is 0. The molecule has 0 unspecified atom stereocenters. The van der Waals surface area contributed by atoms with Crippen molar-refractivity contribution in [1.82, 2.24) is 9.55 Å². The molecule has 1 aliphatic carbocycles. The first-order valence-corrected chi connectivity index (χ1v) is 13.7. The monoisotopic (exact) mass is 497 g/mol. The number of benzene rings is 1. The maximum atomic E-state index is 12.9. The van der Waals surface area contributed by atoms with Crippen molar-refractivity contribution < 1.29 is 13.2 Å². The molecule has 4 rings (SSSR count). The van der Waals surface area contributed by atoms with Gasteiger partial charge < -0.3 is 5.32 Å². The van der Waals surface area contributed by atoms with Gasteiger partial charge in [-0.25, -0.2) is 13.4 Å². The molecule has 0 radical (unpaired) electrons. The fourth-order valence-electron chi connectivity index (χ4n) is 3.54. The third-order valence-corrected chi connectivity index (χ3v) is 8.78. The third kappa shape index (κ3) is 4.52. The second kappa shape index (κ2) is 8.57. The molecule has 7 nitrogen and oxygen atoms in total. The molecule has 0 spiro atoms. The molecule has 2 heterocycles. The molecule has 0 saturated heterocycles. The van der Waals surface area contributed by atoms with E-state index in [0.29, 0.717) is 10.5 Å². The smallest absolute Gasteiger partial charge is 0.262 e. The predicted octanol–water partition coefficient (Wildman–Crippen LogP) is 3.66. The number of nitrogens with one attached hydrogen (secondary N) is 1. The average Bonchev–Trinajstić information content (AvgIpc) is 3.09. The van der Waals surface area contributed by atoms with Gasteiger partial charge in [0.15, 0.2) is 15.0 Å². The zero-order valence-electron chi connectivity index (χ0n) is 16.9. The van der Waals surface area contributed by atoms with Gasteiger partial charge in [-0.05, 0) is 49.4 Å². The van der Waals surface area contributed by atoms with Crippen LogP contribution < -0.4 is 10.9 Å². The molecule has 1 aliphatic rings. The van der Waals surface area contributed by atoms with E-state index in [2.05, 4.69) is 10.3 Å². The van der Waals surface area contributed by atoms with Crippen LogP contribution in [-0.4, -0.2) is 35.9 Å². The number of aromatic nitrogens is 2. The van der Waals surface area contributed by atoms with Crippen molar-refractivity contribution in [3.63, 3.8) is 0 Å². The number of carbonyl (C=O) groups is 1. The van der Waals surface area contributed by atoms with Gasteiger partial charge in [-0.1, -0.05) is 23.4 Å². The number of nitrogens with zero attached hydrogens (tertiary/aromatic N) is 2. The maximum absolute atomic E-state index is 12.9. The Morgan fingerprint density at radius 2 is 2.06 bits per heavy atom. The van der Waals surface area contributed by atoms with Crippen LogP contribution in [0.3, 0.4) is 0 Å². The highest BCUT2D eigenvalue weighted by molar-refractivity contribution is 7.99. The molecular weight excluding hydrogens is 478 g/mol. The molecule has 1 N–H and O–H groups in total. The molecule has 0 saturated carbocycles. The quantitative estimate of drug-likeness (QED) is 0.426. The van der Waals surface area contributed by atoms with Crippen LogP contribution in [0.1, 0.15) is 23.3 Å². The van der Waals surface area contributed by atoms with Gasteiger partial charge in [-0.2, -0.15) is 0 Å². The Labute approximate surface area is 192 Å². The first kappa shape index (κ1) is 22.3. The van der Waals surface area contributed by atoms with Crippen molar-refractivity contribution in [2.45, 2.75) is 35.7 Å². The van der Waals surface area contributed by atoms with Gasteiger partial charge >= 0.3 is 0 Å². The molecule has 11 heteroatoms. The SMILES string of the molecule is Cn1c(SCC(=O)Nc2cc(S(C)(=O)=O)ccc2Cl)nc2sc3c(c2c1=O)CCCC3. The summed E-state index contributed by atoms with van der Waals surface area (Å²) in [5.41, 5.74) is 1.27. The fourth-order valence-corrected chi connectivity index (χ4v) is 6.43. The zero-order valence-corrected chi connectivity index (χ0v) is 20.1. The summed E-state index contributed by atoms with van der Waals surface area (Å²) in [6, 6.07) is 4.15. The molecule has 1 aromatic carbocycles. The highest BCUT2D eigenvalue weighted by atomic mass is 35.5. The van der Waals surface area contributed by atoms with E-state index in [0.717, 1.165) is 54.1 Å². The van der Waals surface area contributed by atoms with Crippen molar-refractivity contribution in [3.05, 3.63) is 44.0 Å². The maximum Gasteiger partial charge on any atom is 0.262 e. The van der Waals surface area contributed by atoms with Crippen LogP contribution in [0, 0.1) is 0 Å². The van der Waals surface area contributed by atoms with E-state index >= 15 is 0 Å². The molecule has 164 valence electrons. The number of thiophene rings is 1. The summed E-state index contributed by atoms with van der Waals surface area (Å²) < 4.78 is 25.0. The molecule has 31 heavy (non-hydrogen) atoms. The van der Waals surface area contributed by atoms with Crippen LogP contribution in [0.4, 0.5) is 5.69 Å². The summed E-state index contributed by atoms with van der Waals surface area (Å²) in [6.07, 6.45) is 5.20. The number of thioether (sulfide) groups is 1. The van der Waals surface area contributed by atoms with Gasteiger partial charge in [-0.15, -0.1) is 11.3 Å². The van der Waals surface area contributed by atoms with Crippen LogP contribution in [-0.2, 0) is 34.5 Å². The van der Waals surface area contributed by atoms with E-state index in [-0.39, 0.29) is 32.8 Å². The minimum atomic E-state index is -3.43. The van der Waals surface area contributed by atoms with Gasteiger partial charge in [0.05, 0.1) is 26.7 Å². The minimum Gasteiger partial charge on any atom is -0.324 e. The molecule has 3 aromatic rings. The van der Waals surface area contributed by atoms with Gasteiger partial charge in [0.2, 0.25) is 5.91 Å². The van der Waals surface area contributed by atoms with Crippen molar-refractivity contribution >= 4 is 66.3 Å². The number of aryl methyl sites for hydroxylation is 2. The first-order chi connectivity index (χ1) is 14.6.